The van der Waals surface area contributed by atoms with Crippen molar-refractivity contribution in [2.24, 2.45) is 5.92 Å². The summed E-state index contributed by atoms with van der Waals surface area (Å²) in [4.78, 5) is 14.7. The van der Waals surface area contributed by atoms with Crippen LogP contribution in [0.1, 0.15) is 55.7 Å². The number of hydrogen-bond acceptors (Lipinski definition) is 8. The summed E-state index contributed by atoms with van der Waals surface area (Å²) in [7, 11) is -1.66. The quantitative estimate of drug-likeness (QED) is 0.303. The first-order chi connectivity index (χ1) is 19.2. The molecule has 0 aromatic heterocycles. The van der Waals surface area contributed by atoms with Gasteiger partial charge in [0.2, 0.25) is 6.79 Å². The van der Waals surface area contributed by atoms with E-state index in [9.17, 15) is 22.7 Å². The third-order valence-corrected chi connectivity index (χ3v) is 9.49. The van der Waals surface area contributed by atoms with Crippen molar-refractivity contribution in [3.8, 4) is 17.2 Å². The van der Waals surface area contributed by atoms with Crippen LogP contribution in [-0.2, 0) is 14.6 Å². The number of likely N-dealkylation sites (tertiary alicyclic amines) is 1. The van der Waals surface area contributed by atoms with E-state index in [-0.39, 0.29) is 30.0 Å². The van der Waals surface area contributed by atoms with E-state index in [1.54, 1.807) is 12.1 Å². The molecule has 9 nitrogen and oxygen atoms in total. The number of carbonyl (C=O) groups is 1. The number of benzene rings is 2. The molecule has 2 aliphatic rings. The summed E-state index contributed by atoms with van der Waals surface area (Å²) in [6.45, 7) is 4.19. The number of hydrogen-bond donors (Lipinski definition) is 2. The Labute approximate surface area is 235 Å². The molecule has 3 atom stereocenters. The van der Waals surface area contributed by atoms with Gasteiger partial charge in [0.15, 0.2) is 23.1 Å². The van der Waals surface area contributed by atoms with Gasteiger partial charge in [-0.1, -0.05) is 31.9 Å². The molecule has 1 saturated heterocycles. The van der Waals surface area contributed by atoms with Gasteiger partial charge in [0.25, 0.3) is 0 Å². The number of carboxylic acid groups (broad SMARTS) is 1. The van der Waals surface area contributed by atoms with Gasteiger partial charge in [0.1, 0.15) is 9.84 Å². The van der Waals surface area contributed by atoms with E-state index in [1.165, 1.54) is 19.2 Å². The van der Waals surface area contributed by atoms with Crippen molar-refractivity contribution in [2.75, 3.05) is 51.6 Å². The van der Waals surface area contributed by atoms with Gasteiger partial charge in [0.05, 0.1) is 24.5 Å². The molecule has 0 amide bonds. The van der Waals surface area contributed by atoms with Crippen molar-refractivity contribution < 1.29 is 36.9 Å². The zero-order valence-corrected chi connectivity index (χ0v) is 23.9. The van der Waals surface area contributed by atoms with Crippen LogP contribution in [-0.4, -0.2) is 76.0 Å². The minimum absolute atomic E-state index is 0.0961. The third-order valence-electron chi connectivity index (χ3n) is 7.67. The minimum atomic E-state index is -3.05. The maximum atomic E-state index is 14.7. The molecule has 11 heteroatoms. The van der Waals surface area contributed by atoms with Crippen LogP contribution in [0.4, 0.5) is 4.39 Å². The van der Waals surface area contributed by atoms with Gasteiger partial charge >= 0.3 is 5.97 Å². The van der Waals surface area contributed by atoms with E-state index < -0.39 is 33.6 Å². The van der Waals surface area contributed by atoms with Gasteiger partial charge in [-0.3, -0.25) is 9.69 Å². The van der Waals surface area contributed by atoms with Crippen molar-refractivity contribution in [1.29, 1.82) is 0 Å². The molecule has 0 aliphatic carbocycles. The van der Waals surface area contributed by atoms with Crippen LogP contribution in [0.5, 0.6) is 17.2 Å². The number of ether oxygens (including phenoxy) is 3. The topological polar surface area (TPSA) is 114 Å². The van der Waals surface area contributed by atoms with Gasteiger partial charge in [-0.05, 0) is 54.8 Å². The largest absolute Gasteiger partial charge is 0.494 e. The lowest BCUT2D eigenvalue weighted by Gasteiger charge is -2.27. The maximum Gasteiger partial charge on any atom is 0.309 e. The fourth-order valence-electron chi connectivity index (χ4n) is 5.64. The van der Waals surface area contributed by atoms with E-state index in [2.05, 4.69) is 10.2 Å². The predicted molar refractivity (Wildman–Crippen MR) is 149 cm³/mol. The van der Waals surface area contributed by atoms with Crippen molar-refractivity contribution >= 4 is 15.8 Å². The third kappa shape index (κ3) is 7.24. The van der Waals surface area contributed by atoms with Crippen LogP contribution < -0.4 is 19.5 Å². The van der Waals surface area contributed by atoms with Gasteiger partial charge in [0, 0.05) is 31.6 Å². The fourth-order valence-corrected chi connectivity index (χ4v) is 7.08. The Balaban J connectivity index is 1.47. The van der Waals surface area contributed by atoms with E-state index in [0.29, 0.717) is 56.1 Å². The van der Waals surface area contributed by atoms with Crippen LogP contribution in [0.15, 0.2) is 36.4 Å². The van der Waals surface area contributed by atoms with Gasteiger partial charge in [-0.15, -0.1) is 0 Å². The Morgan fingerprint density at radius 3 is 2.55 bits per heavy atom. The Morgan fingerprint density at radius 2 is 1.82 bits per heavy atom. The number of nitrogens with one attached hydrogen (secondary N) is 1. The summed E-state index contributed by atoms with van der Waals surface area (Å²) in [6, 6.07) is 9.50. The highest BCUT2D eigenvalue weighted by atomic mass is 32.2. The fraction of sp³-hybridized carbons (Fsp3) is 0.552. The van der Waals surface area contributed by atoms with Gasteiger partial charge < -0.3 is 24.6 Å². The molecule has 0 radical (unpaired) electrons. The highest BCUT2D eigenvalue weighted by Gasteiger charge is 2.47. The number of nitrogens with zero attached hydrogens (tertiary/aromatic N) is 1. The van der Waals surface area contributed by atoms with Crippen molar-refractivity contribution in [2.45, 2.75) is 44.6 Å². The molecular formula is C29H39FN2O7S. The lowest BCUT2D eigenvalue weighted by molar-refractivity contribution is -0.143. The average molecular weight is 579 g/mol. The van der Waals surface area contributed by atoms with Crippen LogP contribution in [0.2, 0.25) is 0 Å². The monoisotopic (exact) mass is 578 g/mol. The Bertz CT molecular complexity index is 1270. The predicted octanol–water partition coefficient (Wildman–Crippen LogP) is 3.99. The standard InChI is InChI=1S/C29H39FN2O7S/c1-3-4-5-14-40(35,36)15-6-11-31-12-13-32-18-22(20-7-10-25-26(17-20)39-19-38-25)27(29(33)34)28(32)21-8-9-24(37-2)23(30)16-21/h7-10,16-17,22,27-28,31H,3-6,11-15,18-19H2,1-2H3,(H,33,34)/t22-,27+,28-/m1/s1. The first kappa shape index (κ1) is 30.1. The van der Waals surface area contributed by atoms with Crippen LogP contribution >= 0.6 is 0 Å². The summed E-state index contributed by atoms with van der Waals surface area (Å²) in [6.07, 6.45) is 3.11. The number of aliphatic carboxylic acids is 1. The summed E-state index contributed by atoms with van der Waals surface area (Å²) < 4.78 is 55.2. The first-order valence-corrected chi connectivity index (χ1v) is 15.7. The average Bonchev–Trinajstić information content (AvgIpc) is 3.55. The zero-order valence-electron chi connectivity index (χ0n) is 23.1. The van der Waals surface area contributed by atoms with E-state index in [0.717, 1.165) is 18.4 Å². The van der Waals surface area contributed by atoms with E-state index >= 15 is 0 Å². The van der Waals surface area contributed by atoms with Crippen LogP contribution in [0, 0.1) is 11.7 Å². The number of unbranched alkanes of at least 4 members (excludes halogenated alkanes) is 2. The highest BCUT2D eigenvalue weighted by molar-refractivity contribution is 7.91. The molecule has 2 N–H and O–H groups in total. The van der Waals surface area contributed by atoms with E-state index in [1.807, 2.05) is 19.1 Å². The Morgan fingerprint density at radius 1 is 1.07 bits per heavy atom. The second kappa shape index (κ2) is 13.6. The van der Waals surface area contributed by atoms with Crippen molar-refractivity contribution in [1.82, 2.24) is 10.2 Å². The number of rotatable bonds is 15. The normalized spacial score (nSPS) is 20.6. The molecule has 40 heavy (non-hydrogen) atoms. The minimum Gasteiger partial charge on any atom is -0.494 e. The second-order valence-electron chi connectivity index (χ2n) is 10.4. The highest BCUT2D eigenvalue weighted by Crippen LogP contribution is 2.47. The SMILES string of the molecule is CCCCCS(=O)(=O)CCCNCCN1C[C@H](c2ccc3c(c2)OCO3)[C@H](C(=O)O)[C@H]1c1ccc(OC)c(F)c1. The maximum absolute atomic E-state index is 14.7. The number of halogens is 1. The number of fused-ring (bicyclic) bond motifs is 1. The molecular weight excluding hydrogens is 539 g/mol. The molecule has 220 valence electrons. The molecule has 0 spiro atoms. The van der Waals surface area contributed by atoms with Gasteiger partial charge in [-0.25, -0.2) is 12.8 Å². The molecule has 0 unspecified atom stereocenters. The smallest absolute Gasteiger partial charge is 0.309 e. The molecule has 1 fully saturated rings. The first-order valence-electron chi connectivity index (χ1n) is 13.8. The molecule has 4 rings (SSSR count). The van der Waals surface area contributed by atoms with Gasteiger partial charge in [-0.2, -0.15) is 0 Å². The molecule has 0 saturated carbocycles. The lowest BCUT2D eigenvalue weighted by atomic mass is 9.82. The number of sulfone groups is 1. The van der Waals surface area contributed by atoms with Crippen molar-refractivity contribution in [3.05, 3.63) is 53.3 Å². The van der Waals surface area contributed by atoms with Crippen LogP contribution in [0.3, 0.4) is 0 Å². The van der Waals surface area contributed by atoms with Crippen LogP contribution in [0.25, 0.3) is 0 Å². The number of methoxy groups -OCH3 is 1. The lowest BCUT2D eigenvalue weighted by Crippen LogP contribution is -2.34. The number of carboxylic acids is 1. The molecule has 0 bridgehead atoms. The summed E-state index contributed by atoms with van der Waals surface area (Å²) >= 11 is 0. The molecule has 2 aromatic carbocycles. The zero-order chi connectivity index (χ0) is 28.7. The molecule has 2 heterocycles. The second-order valence-corrected chi connectivity index (χ2v) is 12.7. The van der Waals surface area contributed by atoms with Crippen molar-refractivity contribution in [3.63, 3.8) is 0 Å². The molecule has 2 aliphatic heterocycles. The summed E-state index contributed by atoms with van der Waals surface area (Å²) in [5, 5.41) is 13.7. The van der Waals surface area contributed by atoms with E-state index in [4.69, 9.17) is 14.2 Å². The Kier molecular flexibility index (Phi) is 10.3. The molecule has 2 aromatic rings. The summed E-state index contributed by atoms with van der Waals surface area (Å²) in [5.41, 5.74) is 1.38. The summed E-state index contributed by atoms with van der Waals surface area (Å²) in [5.74, 6) is -1.03. The Hall–Kier alpha value is -2.89.